The van der Waals surface area contributed by atoms with E-state index in [0.717, 1.165) is 18.2 Å². The molecule has 1 aliphatic carbocycles. The molecule has 100 valence electrons. The average molecular weight is 245 g/mol. The summed E-state index contributed by atoms with van der Waals surface area (Å²) < 4.78 is 0. The summed E-state index contributed by atoms with van der Waals surface area (Å²) in [6.07, 6.45) is 19.5. The molecule has 1 nitrogen and oxygen atoms in total. The molecule has 0 unspecified atom stereocenters. The molecule has 0 bridgehead atoms. The van der Waals surface area contributed by atoms with Gasteiger partial charge < -0.3 is 5.32 Å². The summed E-state index contributed by atoms with van der Waals surface area (Å²) in [5.74, 6) is 0.829. The van der Waals surface area contributed by atoms with Crippen molar-refractivity contribution >= 4 is 0 Å². The van der Waals surface area contributed by atoms with Gasteiger partial charge in [-0.25, -0.2) is 0 Å². The van der Waals surface area contributed by atoms with Crippen LogP contribution in [0.3, 0.4) is 0 Å². The molecule has 0 aromatic heterocycles. The zero-order valence-corrected chi connectivity index (χ0v) is 11.5. The van der Waals surface area contributed by atoms with Gasteiger partial charge in [-0.15, -0.1) is 0 Å². The molecule has 0 aliphatic heterocycles. The number of allylic oxidation sites excluding steroid dienone is 5. The molecule has 0 heterocycles. The fourth-order valence-corrected chi connectivity index (χ4v) is 2.48. The van der Waals surface area contributed by atoms with Crippen molar-refractivity contribution in [3.8, 4) is 0 Å². The lowest BCUT2D eigenvalue weighted by Gasteiger charge is -2.20. The van der Waals surface area contributed by atoms with Crippen LogP contribution in [-0.4, -0.2) is 6.54 Å². The van der Waals surface area contributed by atoms with Crippen molar-refractivity contribution in [2.75, 3.05) is 6.54 Å². The largest absolute Gasteiger partial charge is 0.385 e. The van der Waals surface area contributed by atoms with Crippen molar-refractivity contribution < 1.29 is 0 Å². The second kappa shape index (κ2) is 9.76. The molecule has 1 heteroatoms. The first kappa shape index (κ1) is 14.8. The zero-order valence-electron chi connectivity index (χ0n) is 11.5. The van der Waals surface area contributed by atoms with Gasteiger partial charge >= 0.3 is 0 Å². The van der Waals surface area contributed by atoms with Crippen molar-refractivity contribution in [1.29, 1.82) is 0 Å². The SMILES string of the molecule is C=C/C=C\C(=C/C=C)NCC1CCCCCCC1. The van der Waals surface area contributed by atoms with E-state index in [0.29, 0.717) is 0 Å². The summed E-state index contributed by atoms with van der Waals surface area (Å²) in [6, 6.07) is 0. The second-order valence-electron chi connectivity index (χ2n) is 5.04. The molecular formula is C17H27N. The monoisotopic (exact) mass is 245 g/mol. The van der Waals surface area contributed by atoms with Crippen molar-refractivity contribution in [2.24, 2.45) is 5.92 Å². The van der Waals surface area contributed by atoms with Gasteiger partial charge in [0.25, 0.3) is 0 Å². The molecule has 0 aromatic carbocycles. The van der Waals surface area contributed by atoms with Crippen LogP contribution in [0.2, 0.25) is 0 Å². The van der Waals surface area contributed by atoms with E-state index < -0.39 is 0 Å². The number of hydrogen-bond donors (Lipinski definition) is 1. The third-order valence-corrected chi connectivity index (χ3v) is 3.53. The van der Waals surface area contributed by atoms with E-state index in [2.05, 4.69) is 24.6 Å². The van der Waals surface area contributed by atoms with Gasteiger partial charge in [-0.2, -0.15) is 0 Å². The van der Waals surface area contributed by atoms with Gasteiger partial charge in [0.05, 0.1) is 0 Å². The van der Waals surface area contributed by atoms with E-state index in [9.17, 15) is 0 Å². The first-order valence-electron chi connectivity index (χ1n) is 7.22. The second-order valence-corrected chi connectivity index (χ2v) is 5.04. The molecule has 1 fully saturated rings. The lowest BCUT2D eigenvalue weighted by molar-refractivity contribution is 0.371. The summed E-state index contributed by atoms with van der Waals surface area (Å²) in [7, 11) is 0. The number of nitrogens with one attached hydrogen (secondary N) is 1. The smallest absolute Gasteiger partial charge is 0.0340 e. The fraction of sp³-hybridized carbons (Fsp3) is 0.529. The molecule has 1 N–H and O–H groups in total. The van der Waals surface area contributed by atoms with Gasteiger partial charge in [0, 0.05) is 12.2 Å². The van der Waals surface area contributed by atoms with Gasteiger partial charge in [-0.05, 0) is 30.9 Å². The van der Waals surface area contributed by atoms with Crippen molar-refractivity contribution in [2.45, 2.75) is 44.9 Å². The Morgan fingerprint density at radius 1 is 1.00 bits per heavy atom. The maximum absolute atomic E-state index is 3.75. The molecule has 0 spiro atoms. The van der Waals surface area contributed by atoms with Crippen molar-refractivity contribution in [3.63, 3.8) is 0 Å². The van der Waals surface area contributed by atoms with E-state index in [1.165, 1.54) is 44.9 Å². The van der Waals surface area contributed by atoms with Crippen LogP contribution in [0.4, 0.5) is 0 Å². The summed E-state index contributed by atoms with van der Waals surface area (Å²) in [4.78, 5) is 0. The lowest BCUT2D eigenvalue weighted by Crippen LogP contribution is -2.22. The van der Waals surface area contributed by atoms with Crippen molar-refractivity contribution in [1.82, 2.24) is 5.32 Å². The van der Waals surface area contributed by atoms with E-state index in [1.54, 1.807) is 6.08 Å². The third kappa shape index (κ3) is 6.48. The highest BCUT2D eigenvalue weighted by Gasteiger charge is 2.10. The Kier molecular flexibility index (Phi) is 8.03. The Bertz CT molecular complexity index is 291. The maximum atomic E-state index is 3.75. The molecule has 0 aromatic rings. The first-order chi connectivity index (χ1) is 8.86. The van der Waals surface area contributed by atoms with Gasteiger partial charge in [0.1, 0.15) is 0 Å². The third-order valence-electron chi connectivity index (χ3n) is 3.53. The topological polar surface area (TPSA) is 12.0 Å². The minimum atomic E-state index is 0.829. The van der Waals surface area contributed by atoms with Crippen LogP contribution in [0.15, 0.2) is 49.2 Å². The van der Waals surface area contributed by atoms with Crippen molar-refractivity contribution in [3.05, 3.63) is 49.2 Å². The molecule has 1 aliphatic rings. The highest BCUT2D eigenvalue weighted by Crippen LogP contribution is 2.21. The van der Waals surface area contributed by atoms with Crippen LogP contribution < -0.4 is 5.32 Å². The summed E-state index contributed by atoms with van der Waals surface area (Å²) >= 11 is 0. The van der Waals surface area contributed by atoms with Crippen LogP contribution in [0.25, 0.3) is 0 Å². The summed E-state index contributed by atoms with van der Waals surface area (Å²) in [5.41, 5.74) is 1.13. The maximum Gasteiger partial charge on any atom is 0.0340 e. The zero-order chi connectivity index (χ0) is 13.1. The number of hydrogen-bond acceptors (Lipinski definition) is 1. The van der Waals surface area contributed by atoms with Crippen LogP contribution in [0, 0.1) is 5.92 Å². The Morgan fingerprint density at radius 2 is 1.67 bits per heavy atom. The quantitative estimate of drug-likeness (QED) is 0.666. The highest BCUT2D eigenvalue weighted by molar-refractivity contribution is 5.23. The van der Waals surface area contributed by atoms with Crippen LogP contribution >= 0.6 is 0 Å². The van der Waals surface area contributed by atoms with Crippen LogP contribution in [-0.2, 0) is 0 Å². The predicted molar refractivity (Wildman–Crippen MR) is 81.4 cm³/mol. The standard InChI is InChI=1S/C17H27N/c1-3-5-14-17(11-4-2)18-15-16-12-9-7-6-8-10-13-16/h3-5,11,14,16,18H,1-2,6-10,12-13,15H2/b14-5-,17-11+. The first-order valence-corrected chi connectivity index (χ1v) is 7.22. The van der Waals surface area contributed by atoms with Gasteiger partial charge in [0.15, 0.2) is 0 Å². The van der Waals surface area contributed by atoms with Gasteiger partial charge in [0.2, 0.25) is 0 Å². The minimum absolute atomic E-state index is 0.829. The average Bonchev–Trinajstić information content (AvgIpc) is 2.34. The molecule has 0 atom stereocenters. The number of rotatable bonds is 6. The van der Waals surface area contributed by atoms with Gasteiger partial charge in [-0.3, -0.25) is 0 Å². The molecule has 0 amide bonds. The van der Waals surface area contributed by atoms with Gasteiger partial charge in [-0.1, -0.05) is 63.5 Å². The van der Waals surface area contributed by atoms with E-state index in [-0.39, 0.29) is 0 Å². The summed E-state index contributed by atoms with van der Waals surface area (Å²) in [5, 5.41) is 3.53. The molecule has 0 saturated heterocycles. The highest BCUT2D eigenvalue weighted by atomic mass is 14.9. The predicted octanol–water partition coefficient (Wildman–Crippen LogP) is 4.75. The molecule has 18 heavy (non-hydrogen) atoms. The Balaban J connectivity index is 2.39. The van der Waals surface area contributed by atoms with E-state index >= 15 is 0 Å². The van der Waals surface area contributed by atoms with E-state index in [1.807, 2.05) is 18.2 Å². The Hall–Kier alpha value is -1.24. The Morgan fingerprint density at radius 3 is 2.28 bits per heavy atom. The molecule has 0 radical (unpaired) electrons. The van der Waals surface area contributed by atoms with E-state index in [4.69, 9.17) is 0 Å². The summed E-state index contributed by atoms with van der Waals surface area (Å²) in [6.45, 7) is 8.54. The fourth-order valence-electron chi connectivity index (χ4n) is 2.48. The Labute approximate surface area is 112 Å². The minimum Gasteiger partial charge on any atom is -0.385 e. The molecular weight excluding hydrogens is 218 g/mol. The van der Waals surface area contributed by atoms with Crippen LogP contribution in [0.5, 0.6) is 0 Å². The normalized spacial score (nSPS) is 19.2. The lowest BCUT2D eigenvalue weighted by atomic mass is 9.91. The molecule has 1 saturated carbocycles. The molecule has 1 rings (SSSR count). The van der Waals surface area contributed by atoms with Crippen LogP contribution in [0.1, 0.15) is 44.9 Å².